The third kappa shape index (κ3) is 4.44. The fraction of sp³-hybridized carbons (Fsp3) is 0.727. The van der Waals surface area contributed by atoms with Crippen LogP contribution in [-0.4, -0.2) is 32.8 Å². The molecular formula is C11H21N3O. The summed E-state index contributed by atoms with van der Waals surface area (Å²) in [5.41, 5.74) is -0.658. The summed E-state index contributed by atoms with van der Waals surface area (Å²) in [7, 11) is 0. The number of hydrogen-bond acceptors (Lipinski definition) is 3. The first-order chi connectivity index (χ1) is 7.00. The van der Waals surface area contributed by atoms with E-state index in [1.165, 1.54) is 0 Å². The zero-order valence-electron chi connectivity index (χ0n) is 9.77. The van der Waals surface area contributed by atoms with E-state index in [1.54, 1.807) is 6.20 Å². The molecule has 0 aromatic carbocycles. The number of aryl methyl sites for hydroxylation is 1. The molecule has 0 bridgehead atoms. The van der Waals surface area contributed by atoms with Gasteiger partial charge in [0.1, 0.15) is 0 Å². The van der Waals surface area contributed by atoms with Crippen molar-refractivity contribution in [2.45, 2.75) is 45.4 Å². The molecule has 0 saturated carbocycles. The van der Waals surface area contributed by atoms with Gasteiger partial charge in [0.05, 0.1) is 11.9 Å². The Morgan fingerprint density at radius 1 is 1.53 bits per heavy atom. The molecule has 15 heavy (non-hydrogen) atoms. The Balaban J connectivity index is 2.12. The maximum atomic E-state index is 9.69. The molecule has 1 unspecified atom stereocenters. The molecule has 1 rings (SSSR count). The standard InChI is InChI=1S/C11H21N3O/c1-10(11(2,3)15)13-5-4-7-14-8-6-12-9-14/h6,8-10,13,15H,4-5,7H2,1-3H3. The summed E-state index contributed by atoms with van der Waals surface area (Å²) in [5, 5.41) is 13.0. The van der Waals surface area contributed by atoms with Crippen LogP contribution in [0.5, 0.6) is 0 Å². The van der Waals surface area contributed by atoms with Crippen LogP contribution in [0.15, 0.2) is 18.7 Å². The highest BCUT2D eigenvalue weighted by Gasteiger charge is 2.20. The van der Waals surface area contributed by atoms with Gasteiger partial charge in [0.25, 0.3) is 0 Å². The Bertz CT molecular complexity index is 264. The van der Waals surface area contributed by atoms with E-state index in [-0.39, 0.29) is 6.04 Å². The average Bonchev–Trinajstić information content (AvgIpc) is 2.63. The van der Waals surface area contributed by atoms with Gasteiger partial charge in [-0.15, -0.1) is 0 Å². The quantitative estimate of drug-likeness (QED) is 0.691. The van der Waals surface area contributed by atoms with E-state index >= 15 is 0 Å². The fourth-order valence-corrected chi connectivity index (χ4v) is 1.25. The predicted octanol–water partition coefficient (Wildman–Crippen LogP) is 1.02. The van der Waals surface area contributed by atoms with Crippen LogP contribution in [0.3, 0.4) is 0 Å². The van der Waals surface area contributed by atoms with Gasteiger partial charge in [-0.3, -0.25) is 0 Å². The molecule has 0 aliphatic rings. The first-order valence-electron chi connectivity index (χ1n) is 5.41. The van der Waals surface area contributed by atoms with Gasteiger partial charge in [0.15, 0.2) is 0 Å². The number of nitrogens with zero attached hydrogens (tertiary/aromatic N) is 2. The molecule has 4 heteroatoms. The van der Waals surface area contributed by atoms with E-state index in [1.807, 2.05) is 33.3 Å². The maximum absolute atomic E-state index is 9.69. The number of rotatable bonds is 6. The summed E-state index contributed by atoms with van der Waals surface area (Å²) in [6.45, 7) is 7.51. The topological polar surface area (TPSA) is 50.1 Å². The maximum Gasteiger partial charge on any atom is 0.0945 e. The summed E-state index contributed by atoms with van der Waals surface area (Å²) in [4.78, 5) is 3.98. The van der Waals surface area contributed by atoms with Crippen LogP contribution < -0.4 is 5.32 Å². The van der Waals surface area contributed by atoms with Crippen LogP contribution in [-0.2, 0) is 6.54 Å². The van der Waals surface area contributed by atoms with E-state index in [2.05, 4.69) is 14.9 Å². The molecule has 0 aliphatic carbocycles. The molecule has 0 saturated heterocycles. The van der Waals surface area contributed by atoms with Gasteiger partial charge >= 0.3 is 0 Å². The average molecular weight is 211 g/mol. The van der Waals surface area contributed by atoms with Crippen LogP contribution in [0.4, 0.5) is 0 Å². The van der Waals surface area contributed by atoms with Gasteiger partial charge in [-0.1, -0.05) is 0 Å². The highest BCUT2D eigenvalue weighted by atomic mass is 16.3. The Hall–Kier alpha value is -0.870. The highest BCUT2D eigenvalue weighted by Crippen LogP contribution is 2.07. The molecule has 0 amide bonds. The first-order valence-corrected chi connectivity index (χ1v) is 5.41. The van der Waals surface area contributed by atoms with Crippen molar-refractivity contribution in [3.8, 4) is 0 Å². The summed E-state index contributed by atoms with van der Waals surface area (Å²) in [6, 6.07) is 0.111. The molecule has 1 aromatic heterocycles. The second-order valence-electron chi connectivity index (χ2n) is 4.48. The Morgan fingerprint density at radius 3 is 2.80 bits per heavy atom. The predicted molar refractivity (Wildman–Crippen MR) is 60.6 cm³/mol. The second-order valence-corrected chi connectivity index (χ2v) is 4.48. The first kappa shape index (κ1) is 12.2. The van der Waals surface area contributed by atoms with Gasteiger partial charge in [0, 0.05) is 25.0 Å². The zero-order valence-corrected chi connectivity index (χ0v) is 9.77. The highest BCUT2D eigenvalue weighted by molar-refractivity contribution is 4.79. The largest absolute Gasteiger partial charge is 0.389 e. The van der Waals surface area contributed by atoms with Crippen LogP contribution in [0.1, 0.15) is 27.2 Å². The molecule has 2 N–H and O–H groups in total. The van der Waals surface area contributed by atoms with Crippen molar-refractivity contribution in [2.75, 3.05) is 6.54 Å². The van der Waals surface area contributed by atoms with Crippen molar-refractivity contribution in [3.05, 3.63) is 18.7 Å². The monoisotopic (exact) mass is 211 g/mol. The van der Waals surface area contributed by atoms with E-state index in [0.29, 0.717) is 0 Å². The minimum atomic E-state index is -0.658. The minimum Gasteiger partial charge on any atom is -0.389 e. The van der Waals surface area contributed by atoms with Crippen LogP contribution >= 0.6 is 0 Å². The Morgan fingerprint density at radius 2 is 2.27 bits per heavy atom. The molecule has 86 valence electrons. The van der Waals surface area contributed by atoms with Gasteiger partial charge in [-0.05, 0) is 33.7 Å². The SMILES string of the molecule is CC(NCCCn1ccnc1)C(C)(C)O. The van der Waals surface area contributed by atoms with Crippen molar-refractivity contribution in [2.24, 2.45) is 0 Å². The number of aliphatic hydroxyl groups is 1. The Kier molecular flexibility index (Phi) is 4.29. The van der Waals surface area contributed by atoms with Crippen molar-refractivity contribution >= 4 is 0 Å². The van der Waals surface area contributed by atoms with Crippen LogP contribution in [0.2, 0.25) is 0 Å². The fourth-order valence-electron chi connectivity index (χ4n) is 1.25. The third-order valence-corrected chi connectivity index (χ3v) is 2.66. The minimum absolute atomic E-state index is 0.111. The number of hydrogen-bond donors (Lipinski definition) is 2. The lowest BCUT2D eigenvalue weighted by Gasteiger charge is -2.26. The summed E-state index contributed by atoms with van der Waals surface area (Å²) in [6.07, 6.45) is 6.60. The van der Waals surface area contributed by atoms with Gasteiger partial charge in [0.2, 0.25) is 0 Å². The van der Waals surface area contributed by atoms with Gasteiger partial charge < -0.3 is 15.0 Å². The van der Waals surface area contributed by atoms with E-state index in [4.69, 9.17) is 0 Å². The molecular weight excluding hydrogens is 190 g/mol. The molecule has 0 radical (unpaired) electrons. The lowest BCUT2D eigenvalue weighted by molar-refractivity contribution is 0.0443. The molecule has 0 fully saturated rings. The van der Waals surface area contributed by atoms with Crippen LogP contribution in [0.25, 0.3) is 0 Å². The lowest BCUT2D eigenvalue weighted by atomic mass is 10.0. The summed E-state index contributed by atoms with van der Waals surface area (Å²) >= 11 is 0. The van der Waals surface area contributed by atoms with Gasteiger partial charge in [-0.25, -0.2) is 4.98 Å². The molecule has 0 aliphatic heterocycles. The van der Waals surface area contributed by atoms with Crippen molar-refractivity contribution in [1.29, 1.82) is 0 Å². The number of imidazole rings is 1. The molecule has 1 heterocycles. The molecule has 4 nitrogen and oxygen atoms in total. The third-order valence-electron chi connectivity index (χ3n) is 2.66. The van der Waals surface area contributed by atoms with Crippen molar-refractivity contribution < 1.29 is 5.11 Å². The molecule has 1 atom stereocenters. The zero-order chi connectivity index (χ0) is 11.3. The van der Waals surface area contributed by atoms with E-state index in [9.17, 15) is 5.11 Å². The van der Waals surface area contributed by atoms with Crippen molar-refractivity contribution in [3.63, 3.8) is 0 Å². The second kappa shape index (κ2) is 5.28. The van der Waals surface area contributed by atoms with Gasteiger partial charge in [-0.2, -0.15) is 0 Å². The normalized spacial score (nSPS) is 14.1. The Labute approximate surface area is 91.3 Å². The van der Waals surface area contributed by atoms with E-state index in [0.717, 1.165) is 19.5 Å². The number of aromatic nitrogens is 2. The number of nitrogens with one attached hydrogen (secondary N) is 1. The van der Waals surface area contributed by atoms with Crippen LogP contribution in [0, 0.1) is 0 Å². The summed E-state index contributed by atoms with van der Waals surface area (Å²) < 4.78 is 2.05. The molecule has 1 aromatic rings. The van der Waals surface area contributed by atoms with E-state index < -0.39 is 5.60 Å². The smallest absolute Gasteiger partial charge is 0.0945 e. The molecule has 0 spiro atoms. The summed E-state index contributed by atoms with van der Waals surface area (Å²) in [5.74, 6) is 0. The lowest BCUT2D eigenvalue weighted by Crippen LogP contribution is -2.44. The van der Waals surface area contributed by atoms with Crippen molar-refractivity contribution in [1.82, 2.24) is 14.9 Å².